The van der Waals surface area contributed by atoms with Crippen LogP contribution in [0.3, 0.4) is 0 Å². The highest BCUT2D eigenvalue weighted by Crippen LogP contribution is 2.30. The summed E-state index contributed by atoms with van der Waals surface area (Å²) in [7, 11) is 0. The summed E-state index contributed by atoms with van der Waals surface area (Å²) < 4.78 is 37.7. The molecule has 0 unspecified atom stereocenters. The van der Waals surface area contributed by atoms with Crippen LogP contribution in [0.15, 0.2) is 24.3 Å². The summed E-state index contributed by atoms with van der Waals surface area (Å²) in [6.45, 7) is -0.139. The number of hydrogen-bond donors (Lipinski definition) is 3. The molecule has 0 spiro atoms. The van der Waals surface area contributed by atoms with E-state index in [1.54, 1.807) is 0 Å². The van der Waals surface area contributed by atoms with Crippen LogP contribution in [0.2, 0.25) is 0 Å². The molecule has 1 aliphatic carbocycles. The maximum absolute atomic E-state index is 12.6. The zero-order valence-corrected chi connectivity index (χ0v) is 11.3. The average molecular weight is 302 g/mol. The van der Waals surface area contributed by atoms with Crippen molar-refractivity contribution >= 4 is 6.03 Å². The normalized spacial score (nSPS) is 17.0. The number of urea groups is 1. The summed E-state index contributed by atoms with van der Waals surface area (Å²) >= 11 is 0. The van der Waals surface area contributed by atoms with E-state index in [2.05, 4.69) is 10.6 Å². The number of alkyl halides is 3. The minimum absolute atomic E-state index is 0.119. The largest absolute Gasteiger partial charge is 0.416 e. The van der Waals surface area contributed by atoms with Crippen LogP contribution in [-0.4, -0.2) is 23.7 Å². The Bertz CT molecular complexity index is 501. The van der Waals surface area contributed by atoms with E-state index in [9.17, 15) is 23.1 Å². The van der Waals surface area contributed by atoms with Crippen LogP contribution in [0.5, 0.6) is 0 Å². The molecule has 4 nitrogen and oxygen atoms in total. The quantitative estimate of drug-likeness (QED) is 0.800. The van der Waals surface area contributed by atoms with Gasteiger partial charge in [-0.05, 0) is 37.0 Å². The predicted molar refractivity (Wildman–Crippen MR) is 70.6 cm³/mol. The molecule has 21 heavy (non-hydrogen) atoms. The van der Waals surface area contributed by atoms with Crippen molar-refractivity contribution in [1.29, 1.82) is 0 Å². The van der Waals surface area contributed by atoms with E-state index in [0.717, 1.165) is 31.4 Å². The molecule has 3 N–H and O–H groups in total. The molecule has 0 radical (unpaired) electrons. The maximum atomic E-state index is 12.6. The molecule has 0 aromatic heterocycles. The van der Waals surface area contributed by atoms with Gasteiger partial charge in [0.15, 0.2) is 0 Å². The molecule has 1 aliphatic rings. The van der Waals surface area contributed by atoms with Crippen LogP contribution in [0.4, 0.5) is 18.0 Å². The molecule has 1 saturated carbocycles. The van der Waals surface area contributed by atoms with Crippen molar-refractivity contribution in [3.63, 3.8) is 0 Å². The SMILES string of the molecule is O=C(NC[C@@H](O)c1cccc(C(F)(F)F)c1)NC1CCC1. The van der Waals surface area contributed by atoms with Crippen molar-refractivity contribution in [1.82, 2.24) is 10.6 Å². The van der Waals surface area contributed by atoms with E-state index in [-0.39, 0.29) is 18.2 Å². The van der Waals surface area contributed by atoms with E-state index in [1.165, 1.54) is 12.1 Å². The number of carbonyl (C=O) groups excluding carboxylic acids is 1. The van der Waals surface area contributed by atoms with Crippen molar-refractivity contribution in [2.45, 2.75) is 37.6 Å². The molecule has 1 atom stereocenters. The van der Waals surface area contributed by atoms with Crippen LogP contribution < -0.4 is 10.6 Å². The Morgan fingerprint density at radius 2 is 2.10 bits per heavy atom. The Balaban J connectivity index is 1.87. The van der Waals surface area contributed by atoms with E-state index in [1.807, 2.05) is 0 Å². The highest BCUT2D eigenvalue weighted by Gasteiger charge is 2.30. The topological polar surface area (TPSA) is 61.4 Å². The van der Waals surface area contributed by atoms with Gasteiger partial charge in [0, 0.05) is 12.6 Å². The average Bonchev–Trinajstić information content (AvgIpc) is 2.39. The molecule has 0 aliphatic heterocycles. The van der Waals surface area contributed by atoms with Gasteiger partial charge in [0.25, 0.3) is 0 Å². The van der Waals surface area contributed by atoms with Crippen molar-refractivity contribution in [3.05, 3.63) is 35.4 Å². The van der Waals surface area contributed by atoms with Crippen molar-refractivity contribution in [2.75, 3.05) is 6.54 Å². The summed E-state index contributed by atoms with van der Waals surface area (Å²) in [6.07, 6.45) is -2.69. The molecule has 2 amide bonds. The van der Waals surface area contributed by atoms with E-state index >= 15 is 0 Å². The van der Waals surface area contributed by atoms with E-state index < -0.39 is 23.9 Å². The van der Waals surface area contributed by atoms with Crippen molar-refractivity contribution < 1.29 is 23.1 Å². The third-order valence-corrected chi connectivity index (χ3v) is 3.50. The lowest BCUT2D eigenvalue weighted by atomic mass is 9.93. The molecular weight excluding hydrogens is 285 g/mol. The highest BCUT2D eigenvalue weighted by atomic mass is 19.4. The Morgan fingerprint density at radius 3 is 2.67 bits per heavy atom. The molecule has 0 heterocycles. The maximum Gasteiger partial charge on any atom is 0.416 e. The smallest absolute Gasteiger partial charge is 0.387 e. The summed E-state index contributed by atoms with van der Waals surface area (Å²) in [4.78, 5) is 11.5. The van der Waals surface area contributed by atoms with Crippen LogP contribution in [-0.2, 0) is 6.18 Å². The van der Waals surface area contributed by atoms with Gasteiger partial charge < -0.3 is 15.7 Å². The molecular formula is C14H17F3N2O2. The van der Waals surface area contributed by atoms with Gasteiger partial charge in [-0.2, -0.15) is 13.2 Å². The fourth-order valence-electron chi connectivity index (χ4n) is 2.02. The standard InChI is InChI=1S/C14H17F3N2O2/c15-14(16,17)10-4-1-3-9(7-10)12(20)8-18-13(21)19-11-5-2-6-11/h1,3-4,7,11-12,20H,2,5-6,8H2,(H2,18,19,21)/t12-/m1/s1. The van der Waals surface area contributed by atoms with Crippen LogP contribution in [0.1, 0.15) is 36.5 Å². The first kappa shape index (κ1) is 15.6. The second kappa shape index (κ2) is 6.34. The summed E-state index contributed by atoms with van der Waals surface area (Å²) in [6, 6.07) is 4.20. The number of hydrogen-bond acceptors (Lipinski definition) is 2. The lowest BCUT2D eigenvalue weighted by Gasteiger charge is -2.26. The lowest BCUT2D eigenvalue weighted by molar-refractivity contribution is -0.137. The van der Waals surface area contributed by atoms with Gasteiger partial charge in [-0.15, -0.1) is 0 Å². The first-order chi connectivity index (χ1) is 9.86. The summed E-state index contributed by atoms with van der Waals surface area (Å²) in [5.74, 6) is 0. The molecule has 116 valence electrons. The van der Waals surface area contributed by atoms with Gasteiger partial charge >= 0.3 is 12.2 Å². The van der Waals surface area contributed by atoms with E-state index in [4.69, 9.17) is 0 Å². The fourth-order valence-corrected chi connectivity index (χ4v) is 2.02. The number of carbonyl (C=O) groups is 1. The number of halogens is 3. The first-order valence-corrected chi connectivity index (χ1v) is 6.76. The third-order valence-electron chi connectivity index (χ3n) is 3.50. The zero-order valence-electron chi connectivity index (χ0n) is 11.3. The lowest BCUT2D eigenvalue weighted by Crippen LogP contribution is -2.46. The second-order valence-electron chi connectivity index (χ2n) is 5.12. The monoisotopic (exact) mass is 302 g/mol. The summed E-state index contributed by atoms with van der Waals surface area (Å²) in [5.41, 5.74) is -0.702. The molecule has 1 aromatic carbocycles. The Morgan fingerprint density at radius 1 is 1.38 bits per heavy atom. The molecule has 1 fully saturated rings. The van der Waals surface area contributed by atoms with Gasteiger partial charge in [-0.1, -0.05) is 12.1 Å². The highest BCUT2D eigenvalue weighted by molar-refractivity contribution is 5.74. The van der Waals surface area contributed by atoms with Crippen molar-refractivity contribution in [3.8, 4) is 0 Å². The number of benzene rings is 1. The Labute approximate surface area is 120 Å². The second-order valence-corrected chi connectivity index (χ2v) is 5.12. The van der Waals surface area contributed by atoms with E-state index in [0.29, 0.717) is 0 Å². The van der Waals surface area contributed by atoms with Crippen LogP contribution >= 0.6 is 0 Å². The predicted octanol–water partition coefficient (Wildman–Crippen LogP) is 2.59. The van der Waals surface area contributed by atoms with Gasteiger partial charge in [-0.25, -0.2) is 4.79 Å². The van der Waals surface area contributed by atoms with Gasteiger partial charge in [0.1, 0.15) is 0 Å². The zero-order chi connectivity index (χ0) is 15.5. The fraction of sp³-hybridized carbons (Fsp3) is 0.500. The third kappa shape index (κ3) is 4.35. The van der Waals surface area contributed by atoms with Gasteiger partial charge in [0.05, 0.1) is 11.7 Å². The van der Waals surface area contributed by atoms with Crippen LogP contribution in [0.25, 0.3) is 0 Å². The minimum atomic E-state index is -4.45. The molecule has 0 bridgehead atoms. The van der Waals surface area contributed by atoms with Crippen LogP contribution in [0, 0.1) is 0 Å². The van der Waals surface area contributed by atoms with Gasteiger partial charge in [-0.3, -0.25) is 0 Å². The summed E-state index contributed by atoms with van der Waals surface area (Å²) in [5, 5.41) is 15.0. The number of amides is 2. The Kier molecular flexibility index (Phi) is 4.72. The number of nitrogens with one attached hydrogen (secondary N) is 2. The molecule has 2 rings (SSSR count). The number of aliphatic hydroxyl groups is 1. The Hall–Kier alpha value is -1.76. The molecule has 1 aromatic rings. The first-order valence-electron chi connectivity index (χ1n) is 6.76. The minimum Gasteiger partial charge on any atom is -0.387 e. The number of aliphatic hydroxyl groups excluding tert-OH is 1. The molecule has 0 saturated heterocycles. The number of rotatable bonds is 4. The van der Waals surface area contributed by atoms with Gasteiger partial charge in [0.2, 0.25) is 0 Å². The molecule has 7 heteroatoms. The van der Waals surface area contributed by atoms with Crippen molar-refractivity contribution in [2.24, 2.45) is 0 Å².